The van der Waals surface area contributed by atoms with Gasteiger partial charge in [-0.05, 0) is 31.4 Å². The summed E-state index contributed by atoms with van der Waals surface area (Å²) < 4.78 is 6.90. The zero-order valence-corrected chi connectivity index (χ0v) is 15.6. The van der Waals surface area contributed by atoms with Crippen LogP contribution in [0.1, 0.15) is 17.7 Å². The van der Waals surface area contributed by atoms with Crippen molar-refractivity contribution in [2.75, 3.05) is 42.6 Å². The normalized spacial score (nSPS) is 16.9. The SMILES string of the molecule is Cc1cc(=O)n(CC(=O)N2CCCc3ccccc32)c(N2CCOCC2)n1. The molecule has 0 unspecified atom stereocenters. The molecular weight excluding hydrogens is 344 g/mol. The lowest BCUT2D eigenvalue weighted by Gasteiger charge is -2.32. The fraction of sp³-hybridized carbons (Fsp3) is 0.450. The van der Waals surface area contributed by atoms with Crippen molar-refractivity contribution in [3.8, 4) is 0 Å². The van der Waals surface area contributed by atoms with Gasteiger partial charge in [0.2, 0.25) is 11.9 Å². The van der Waals surface area contributed by atoms with Crippen LogP contribution >= 0.6 is 0 Å². The van der Waals surface area contributed by atoms with Crippen LogP contribution in [0.25, 0.3) is 0 Å². The molecule has 0 atom stereocenters. The first-order chi connectivity index (χ1) is 13.1. The smallest absolute Gasteiger partial charge is 0.255 e. The molecule has 0 saturated carbocycles. The molecule has 1 amide bonds. The van der Waals surface area contributed by atoms with Crippen LogP contribution in [0, 0.1) is 6.92 Å². The second kappa shape index (κ2) is 7.52. The number of amides is 1. The molecule has 2 aromatic rings. The standard InChI is InChI=1S/C20H24N4O3/c1-15-13-18(25)24(20(21-15)22-9-11-27-12-10-22)14-19(26)23-8-4-6-16-5-2-3-7-17(16)23/h2-3,5,7,13H,4,6,8-12,14H2,1H3. The van der Waals surface area contributed by atoms with Crippen molar-refractivity contribution in [1.82, 2.24) is 9.55 Å². The van der Waals surface area contributed by atoms with Gasteiger partial charge in [-0.3, -0.25) is 14.2 Å². The van der Waals surface area contributed by atoms with Gasteiger partial charge in [-0.25, -0.2) is 4.98 Å². The van der Waals surface area contributed by atoms with Crippen molar-refractivity contribution >= 4 is 17.5 Å². The molecule has 0 aliphatic carbocycles. The molecule has 2 aliphatic rings. The van der Waals surface area contributed by atoms with E-state index in [4.69, 9.17) is 4.74 Å². The summed E-state index contributed by atoms with van der Waals surface area (Å²) in [5, 5.41) is 0. The quantitative estimate of drug-likeness (QED) is 0.819. The van der Waals surface area contributed by atoms with E-state index in [9.17, 15) is 9.59 Å². The molecule has 4 rings (SSSR count). The number of ether oxygens (including phenoxy) is 1. The maximum Gasteiger partial charge on any atom is 0.255 e. The van der Waals surface area contributed by atoms with Crippen LogP contribution in [0.2, 0.25) is 0 Å². The second-order valence-electron chi connectivity index (χ2n) is 7.00. The van der Waals surface area contributed by atoms with E-state index in [1.807, 2.05) is 23.1 Å². The summed E-state index contributed by atoms with van der Waals surface area (Å²) >= 11 is 0. The molecule has 0 spiro atoms. The number of morpholine rings is 1. The van der Waals surface area contributed by atoms with Crippen LogP contribution in [-0.2, 0) is 22.5 Å². The predicted octanol–water partition coefficient (Wildman–Crippen LogP) is 1.37. The lowest BCUT2D eigenvalue weighted by molar-refractivity contribution is -0.119. The maximum atomic E-state index is 13.1. The summed E-state index contributed by atoms with van der Waals surface area (Å²) in [6, 6.07) is 9.47. The Morgan fingerprint density at radius 2 is 1.96 bits per heavy atom. The van der Waals surface area contributed by atoms with E-state index in [0.717, 1.165) is 18.5 Å². The highest BCUT2D eigenvalue weighted by atomic mass is 16.5. The molecule has 0 N–H and O–H groups in total. The van der Waals surface area contributed by atoms with Gasteiger partial charge in [0.25, 0.3) is 5.56 Å². The molecule has 1 fully saturated rings. The number of carbonyl (C=O) groups excluding carboxylic acids is 1. The van der Waals surface area contributed by atoms with E-state index >= 15 is 0 Å². The van der Waals surface area contributed by atoms with E-state index in [2.05, 4.69) is 11.1 Å². The highest BCUT2D eigenvalue weighted by Gasteiger charge is 2.25. The van der Waals surface area contributed by atoms with E-state index < -0.39 is 0 Å². The van der Waals surface area contributed by atoms with Gasteiger partial charge in [-0.1, -0.05) is 18.2 Å². The summed E-state index contributed by atoms with van der Waals surface area (Å²) in [5.41, 5.74) is 2.60. The number of carbonyl (C=O) groups is 1. The molecule has 1 aromatic heterocycles. The third-order valence-electron chi connectivity index (χ3n) is 5.11. The van der Waals surface area contributed by atoms with Crippen LogP contribution in [0.15, 0.2) is 35.1 Å². The van der Waals surface area contributed by atoms with E-state index in [-0.39, 0.29) is 18.0 Å². The Labute approximate surface area is 158 Å². The first kappa shape index (κ1) is 17.7. The lowest BCUT2D eigenvalue weighted by Crippen LogP contribution is -2.44. The topological polar surface area (TPSA) is 67.7 Å². The van der Waals surface area contributed by atoms with Crippen molar-refractivity contribution in [1.29, 1.82) is 0 Å². The number of aryl methyl sites for hydroxylation is 2. The van der Waals surface area contributed by atoms with Gasteiger partial charge in [0.15, 0.2) is 0 Å². The minimum absolute atomic E-state index is 0.00681. The van der Waals surface area contributed by atoms with Crippen molar-refractivity contribution in [2.45, 2.75) is 26.3 Å². The molecule has 0 bridgehead atoms. The van der Waals surface area contributed by atoms with Crippen molar-refractivity contribution in [3.05, 3.63) is 51.9 Å². The average molecular weight is 368 g/mol. The van der Waals surface area contributed by atoms with Crippen LogP contribution in [-0.4, -0.2) is 48.3 Å². The van der Waals surface area contributed by atoms with Gasteiger partial charge in [-0.2, -0.15) is 0 Å². The number of nitrogens with zero attached hydrogens (tertiary/aromatic N) is 4. The van der Waals surface area contributed by atoms with Crippen LogP contribution in [0.4, 0.5) is 11.6 Å². The molecule has 27 heavy (non-hydrogen) atoms. The molecular formula is C20H24N4O3. The zero-order valence-electron chi connectivity index (χ0n) is 15.6. The maximum absolute atomic E-state index is 13.1. The van der Waals surface area contributed by atoms with Crippen LogP contribution in [0.3, 0.4) is 0 Å². The highest BCUT2D eigenvalue weighted by molar-refractivity contribution is 5.94. The Balaban J connectivity index is 1.65. The molecule has 3 heterocycles. The molecule has 0 radical (unpaired) electrons. The zero-order chi connectivity index (χ0) is 18.8. The first-order valence-electron chi connectivity index (χ1n) is 9.43. The minimum atomic E-state index is -0.192. The summed E-state index contributed by atoms with van der Waals surface area (Å²) in [4.78, 5) is 34.1. The molecule has 1 saturated heterocycles. The number of benzene rings is 1. The number of fused-ring (bicyclic) bond motifs is 1. The Bertz CT molecular complexity index is 902. The van der Waals surface area contributed by atoms with Crippen LogP contribution < -0.4 is 15.4 Å². The number of hydrogen-bond acceptors (Lipinski definition) is 5. The Hall–Kier alpha value is -2.67. The monoisotopic (exact) mass is 368 g/mol. The predicted molar refractivity (Wildman–Crippen MR) is 103 cm³/mol. The lowest BCUT2D eigenvalue weighted by atomic mass is 10.0. The summed E-state index contributed by atoms with van der Waals surface area (Å²) in [6.07, 6.45) is 1.91. The van der Waals surface area contributed by atoms with Gasteiger partial charge in [-0.15, -0.1) is 0 Å². The van der Waals surface area contributed by atoms with Crippen molar-refractivity contribution in [3.63, 3.8) is 0 Å². The van der Waals surface area contributed by atoms with Crippen LogP contribution in [0.5, 0.6) is 0 Å². The van der Waals surface area contributed by atoms with E-state index in [1.54, 1.807) is 11.8 Å². The number of aromatic nitrogens is 2. The molecule has 1 aromatic carbocycles. The average Bonchev–Trinajstić information content (AvgIpc) is 2.70. The highest BCUT2D eigenvalue weighted by Crippen LogP contribution is 2.27. The van der Waals surface area contributed by atoms with Gasteiger partial charge >= 0.3 is 0 Å². The number of hydrogen-bond donors (Lipinski definition) is 0. The van der Waals surface area contributed by atoms with Crippen molar-refractivity contribution < 1.29 is 9.53 Å². The fourth-order valence-electron chi connectivity index (χ4n) is 3.77. The van der Waals surface area contributed by atoms with Gasteiger partial charge in [0.05, 0.1) is 13.2 Å². The molecule has 142 valence electrons. The van der Waals surface area contributed by atoms with Gasteiger partial charge in [0.1, 0.15) is 6.54 Å². The minimum Gasteiger partial charge on any atom is -0.378 e. The summed E-state index contributed by atoms with van der Waals surface area (Å²) in [5.74, 6) is 0.478. The third-order valence-corrected chi connectivity index (χ3v) is 5.11. The number of anilines is 2. The largest absolute Gasteiger partial charge is 0.378 e. The molecule has 7 nitrogen and oxygen atoms in total. The van der Waals surface area contributed by atoms with E-state index in [0.29, 0.717) is 44.5 Å². The number of para-hydroxylation sites is 1. The van der Waals surface area contributed by atoms with Gasteiger partial charge < -0.3 is 14.5 Å². The Morgan fingerprint density at radius 1 is 1.19 bits per heavy atom. The van der Waals surface area contributed by atoms with E-state index in [1.165, 1.54) is 16.2 Å². The first-order valence-corrected chi connectivity index (χ1v) is 9.43. The fourth-order valence-corrected chi connectivity index (χ4v) is 3.77. The second-order valence-corrected chi connectivity index (χ2v) is 7.00. The Morgan fingerprint density at radius 3 is 2.78 bits per heavy atom. The summed E-state index contributed by atoms with van der Waals surface area (Å²) in [6.45, 7) is 4.99. The third kappa shape index (κ3) is 3.60. The summed E-state index contributed by atoms with van der Waals surface area (Å²) in [7, 11) is 0. The van der Waals surface area contributed by atoms with Crippen molar-refractivity contribution in [2.24, 2.45) is 0 Å². The molecule has 2 aliphatic heterocycles. The van der Waals surface area contributed by atoms with Gasteiger partial charge in [0, 0.05) is 37.1 Å². The molecule has 7 heteroatoms. The number of rotatable bonds is 3. The Kier molecular flexibility index (Phi) is 4.94.